The number of hydrogen-bond donors (Lipinski definition) is 2. The van der Waals surface area contributed by atoms with Gasteiger partial charge in [0.2, 0.25) is 5.91 Å². The Hall–Kier alpha value is -1.85. The molecule has 104 valence electrons. The first-order chi connectivity index (χ1) is 9.00. The van der Waals surface area contributed by atoms with Crippen LogP contribution in [-0.4, -0.2) is 46.0 Å². The highest BCUT2D eigenvalue weighted by Gasteiger charge is 2.34. The molecule has 0 aliphatic carbocycles. The maximum Gasteiger partial charge on any atom is 0.272 e. The Kier molecular flexibility index (Phi) is 3.87. The molecule has 2 rings (SSSR count). The molecule has 0 radical (unpaired) electrons. The molecule has 2 amide bonds. The van der Waals surface area contributed by atoms with Crippen LogP contribution in [0.3, 0.4) is 0 Å². The van der Waals surface area contributed by atoms with Crippen molar-refractivity contribution in [3.8, 4) is 0 Å². The van der Waals surface area contributed by atoms with Gasteiger partial charge >= 0.3 is 0 Å². The van der Waals surface area contributed by atoms with Gasteiger partial charge in [0.05, 0.1) is 6.20 Å². The molecule has 2 heterocycles. The van der Waals surface area contributed by atoms with Crippen LogP contribution in [0, 0.1) is 12.8 Å². The Labute approximate surface area is 112 Å². The van der Waals surface area contributed by atoms with Crippen molar-refractivity contribution in [3.63, 3.8) is 0 Å². The fraction of sp³-hybridized carbons (Fsp3) is 0.615. The van der Waals surface area contributed by atoms with Crippen LogP contribution in [0.25, 0.3) is 0 Å². The van der Waals surface area contributed by atoms with Crippen LogP contribution < -0.4 is 5.32 Å². The number of piperazine rings is 1. The number of carbonyl (C=O) groups excluding carboxylic acids is 2. The minimum Gasteiger partial charge on any atom is -0.353 e. The van der Waals surface area contributed by atoms with Crippen molar-refractivity contribution in [2.75, 3.05) is 13.1 Å². The summed E-state index contributed by atoms with van der Waals surface area (Å²) >= 11 is 0. The van der Waals surface area contributed by atoms with Crippen molar-refractivity contribution in [2.45, 2.75) is 33.2 Å². The number of aromatic nitrogens is 2. The highest BCUT2D eigenvalue weighted by Crippen LogP contribution is 2.18. The summed E-state index contributed by atoms with van der Waals surface area (Å²) in [6.45, 7) is 6.98. The SMILES string of the molecule is Cc1cn[nH]c1C(=O)N1CCNC(=O)[C@@H]1CC(C)C. The molecule has 1 atom stereocenters. The Morgan fingerprint density at radius 3 is 2.89 bits per heavy atom. The van der Waals surface area contributed by atoms with E-state index in [-0.39, 0.29) is 17.9 Å². The van der Waals surface area contributed by atoms with E-state index in [2.05, 4.69) is 15.5 Å². The van der Waals surface area contributed by atoms with Gasteiger partial charge in [-0.15, -0.1) is 0 Å². The van der Waals surface area contributed by atoms with Crippen molar-refractivity contribution in [1.29, 1.82) is 0 Å². The van der Waals surface area contributed by atoms with Crippen LogP contribution >= 0.6 is 0 Å². The molecule has 1 aromatic heterocycles. The Balaban J connectivity index is 2.22. The standard InChI is InChI=1S/C13H20N4O2/c1-8(2)6-10-12(18)14-4-5-17(10)13(19)11-9(3)7-15-16-11/h7-8,10H,4-6H2,1-3H3,(H,14,18)(H,15,16)/t10-/m0/s1. The molecule has 6 nitrogen and oxygen atoms in total. The number of hydrogen-bond acceptors (Lipinski definition) is 3. The fourth-order valence-corrected chi connectivity index (χ4v) is 2.35. The van der Waals surface area contributed by atoms with E-state index >= 15 is 0 Å². The van der Waals surface area contributed by atoms with Crippen LogP contribution in [0.2, 0.25) is 0 Å². The first-order valence-corrected chi connectivity index (χ1v) is 6.59. The predicted molar refractivity (Wildman–Crippen MR) is 70.6 cm³/mol. The van der Waals surface area contributed by atoms with Gasteiger partial charge in [-0.25, -0.2) is 0 Å². The maximum absolute atomic E-state index is 12.5. The average Bonchev–Trinajstić information content (AvgIpc) is 2.77. The van der Waals surface area contributed by atoms with Gasteiger partial charge in [-0.2, -0.15) is 5.10 Å². The zero-order chi connectivity index (χ0) is 14.0. The molecule has 1 fully saturated rings. The van der Waals surface area contributed by atoms with E-state index < -0.39 is 0 Å². The summed E-state index contributed by atoms with van der Waals surface area (Å²) in [6.07, 6.45) is 2.29. The summed E-state index contributed by atoms with van der Waals surface area (Å²) in [5.41, 5.74) is 1.28. The predicted octanol–water partition coefficient (Wildman–Crippen LogP) is 0.705. The molecule has 1 aromatic rings. The van der Waals surface area contributed by atoms with Gasteiger partial charge in [0.1, 0.15) is 11.7 Å². The van der Waals surface area contributed by atoms with E-state index in [1.165, 1.54) is 0 Å². The Morgan fingerprint density at radius 1 is 1.58 bits per heavy atom. The molecule has 0 aromatic carbocycles. The normalized spacial score (nSPS) is 19.7. The monoisotopic (exact) mass is 264 g/mol. The molecular weight excluding hydrogens is 244 g/mol. The van der Waals surface area contributed by atoms with Crippen LogP contribution in [-0.2, 0) is 4.79 Å². The number of amides is 2. The lowest BCUT2D eigenvalue weighted by atomic mass is 9.99. The van der Waals surface area contributed by atoms with Gasteiger partial charge in [-0.3, -0.25) is 14.7 Å². The summed E-state index contributed by atoms with van der Waals surface area (Å²) in [4.78, 5) is 26.1. The summed E-state index contributed by atoms with van der Waals surface area (Å²) in [7, 11) is 0. The van der Waals surface area contributed by atoms with Crippen molar-refractivity contribution in [1.82, 2.24) is 20.4 Å². The highest BCUT2D eigenvalue weighted by molar-refractivity contribution is 5.97. The summed E-state index contributed by atoms with van der Waals surface area (Å²) in [5.74, 6) is 0.146. The topological polar surface area (TPSA) is 78.1 Å². The summed E-state index contributed by atoms with van der Waals surface area (Å²) < 4.78 is 0. The number of H-pyrrole nitrogens is 1. The van der Waals surface area contributed by atoms with Crippen LogP contribution in [0.4, 0.5) is 0 Å². The lowest BCUT2D eigenvalue weighted by Gasteiger charge is -2.35. The number of rotatable bonds is 3. The molecule has 1 aliphatic rings. The number of nitrogens with zero attached hydrogens (tertiary/aromatic N) is 2. The zero-order valence-electron chi connectivity index (χ0n) is 11.6. The third kappa shape index (κ3) is 2.77. The summed E-state index contributed by atoms with van der Waals surface area (Å²) in [5, 5.41) is 9.41. The van der Waals surface area contributed by atoms with E-state index in [1.54, 1.807) is 11.1 Å². The Morgan fingerprint density at radius 2 is 2.32 bits per heavy atom. The third-order valence-corrected chi connectivity index (χ3v) is 3.33. The highest BCUT2D eigenvalue weighted by atomic mass is 16.2. The first-order valence-electron chi connectivity index (χ1n) is 6.59. The van der Waals surface area contributed by atoms with E-state index in [0.717, 1.165) is 5.56 Å². The van der Waals surface area contributed by atoms with E-state index in [4.69, 9.17) is 0 Å². The van der Waals surface area contributed by atoms with E-state index in [9.17, 15) is 9.59 Å². The molecule has 0 unspecified atom stereocenters. The second-order valence-corrected chi connectivity index (χ2v) is 5.36. The quantitative estimate of drug-likeness (QED) is 0.843. The zero-order valence-corrected chi connectivity index (χ0v) is 11.6. The van der Waals surface area contributed by atoms with Crippen LogP contribution in [0.5, 0.6) is 0 Å². The maximum atomic E-state index is 12.5. The van der Waals surface area contributed by atoms with Crippen molar-refractivity contribution in [2.24, 2.45) is 5.92 Å². The molecule has 19 heavy (non-hydrogen) atoms. The van der Waals surface area contributed by atoms with Crippen LogP contribution in [0.15, 0.2) is 6.20 Å². The van der Waals surface area contributed by atoms with Crippen molar-refractivity contribution in [3.05, 3.63) is 17.5 Å². The molecule has 1 saturated heterocycles. The fourth-order valence-electron chi connectivity index (χ4n) is 2.35. The van der Waals surface area contributed by atoms with Crippen molar-refractivity contribution < 1.29 is 9.59 Å². The smallest absolute Gasteiger partial charge is 0.272 e. The van der Waals surface area contributed by atoms with Gasteiger partial charge < -0.3 is 10.2 Å². The minimum atomic E-state index is -0.385. The summed E-state index contributed by atoms with van der Waals surface area (Å²) in [6, 6.07) is -0.385. The second kappa shape index (κ2) is 5.42. The molecule has 1 aliphatic heterocycles. The third-order valence-electron chi connectivity index (χ3n) is 3.33. The van der Waals surface area contributed by atoms with Crippen LogP contribution in [0.1, 0.15) is 36.3 Å². The van der Waals surface area contributed by atoms with Crippen molar-refractivity contribution >= 4 is 11.8 Å². The largest absolute Gasteiger partial charge is 0.353 e. The molecule has 0 saturated carbocycles. The average molecular weight is 264 g/mol. The van der Waals surface area contributed by atoms with Gasteiger partial charge in [0.25, 0.3) is 5.91 Å². The molecule has 6 heteroatoms. The Bertz CT molecular complexity index is 481. The van der Waals surface area contributed by atoms with Gasteiger partial charge in [-0.05, 0) is 24.8 Å². The van der Waals surface area contributed by atoms with Gasteiger partial charge in [0.15, 0.2) is 0 Å². The molecule has 0 spiro atoms. The number of nitrogens with one attached hydrogen (secondary N) is 2. The first kappa shape index (κ1) is 13.6. The number of aryl methyl sites for hydroxylation is 1. The number of carbonyl (C=O) groups is 2. The van der Waals surface area contributed by atoms with E-state index in [1.807, 2.05) is 20.8 Å². The van der Waals surface area contributed by atoms with E-state index in [0.29, 0.717) is 31.1 Å². The van der Waals surface area contributed by atoms with Gasteiger partial charge in [0, 0.05) is 13.1 Å². The lowest BCUT2D eigenvalue weighted by molar-refractivity contribution is -0.128. The van der Waals surface area contributed by atoms with Gasteiger partial charge in [-0.1, -0.05) is 13.8 Å². The molecule has 0 bridgehead atoms. The lowest BCUT2D eigenvalue weighted by Crippen LogP contribution is -2.57. The molecular formula is C13H20N4O2. The second-order valence-electron chi connectivity index (χ2n) is 5.36. The molecule has 2 N–H and O–H groups in total. The number of aromatic amines is 1. The minimum absolute atomic E-state index is 0.0644.